The van der Waals surface area contributed by atoms with Crippen molar-refractivity contribution in [1.29, 1.82) is 0 Å². The van der Waals surface area contributed by atoms with Crippen molar-refractivity contribution in [2.75, 3.05) is 12.0 Å². The Bertz CT molecular complexity index is 1110. The van der Waals surface area contributed by atoms with E-state index in [0.717, 1.165) is 11.1 Å². The van der Waals surface area contributed by atoms with Gasteiger partial charge in [-0.2, -0.15) is 0 Å². The Morgan fingerprint density at radius 3 is 2.40 bits per heavy atom. The van der Waals surface area contributed by atoms with Gasteiger partial charge >= 0.3 is 0 Å². The van der Waals surface area contributed by atoms with E-state index < -0.39 is 11.5 Å². The van der Waals surface area contributed by atoms with Crippen LogP contribution in [0.4, 0.5) is 5.69 Å². The number of amides is 1. The summed E-state index contributed by atoms with van der Waals surface area (Å²) in [4.78, 5) is 28.0. The van der Waals surface area contributed by atoms with Crippen LogP contribution in [-0.2, 0) is 16.9 Å². The molecule has 30 heavy (non-hydrogen) atoms. The maximum atomic E-state index is 13.4. The van der Waals surface area contributed by atoms with Gasteiger partial charge in [-0.1, -0.05) is 60.2 Å². The minimum atomic E-state index is -1.92. The lowest BCUT2D eigenvalue weighted by Crippen LogP contribution is -2.41. The average Bonchev–Trinajstić information content (AvgIpc) is 2.97. The number of ether oxygens (including phenoxy) is 1. The molecule has 1 aliphatic rings. The molecule has 1 atom stereocenters. The monoisotopic (exact) mass is 401 g/mol. The quantitative estimate of drug-likeness (QED) is 0.634. The van der Waals surface area contributed by atoms with Gasteiger partial charge in [0.2, 0.25) is 0 Å². The fraction of sp³-hybridized carbons (Fsp3) is 0.200. The standard InChI is InChI=1S/C25H23NO4/c1-17-11-13-18(14-12-17)16-26-21-9-5-4-8-20(21)25(29,24(26)28)15-22(27)19-7-3-6-10-23(19)30-2/h3-14,29H,15-16H2,1-2H3/t25-/m1/s1. The van der Waals surface area contributed by atoms with Gasteiger partial charge in [-0.15, -0.1) is 0 Å². The Hall–Kier alpha value is -3.44. The molecule has 3 aromatic carbocycles. The normalized spacial score (nSPS) is 17.7. The van der Waals surface area contributed by atoms with Crippen LogP contribution < -0.4 is 9.64 Å². The van der Waals surface area contributed by atoms with Crippen LogP contribution in [-0.4, -0.2) is 23.9 Å². The SMILES string of the molecule is COc1ccccc1C(=O)C[C@]1(O)C(=O)N(Cc2ccc(C)cc2)c2ccccc21. The van der Waals surface area contributed by atoms with Crippen LogP contribution in [0.25, 0.3) is 0 Å². The molecule has 0 saturated carbocycles. The largest absolute Gasteiger partial charge is 0.496 e. The molecular formula is C25H23NO4. The third kappa shape index (κ3) is 3.37. The zero-order chi connectivity index (χ0) is 21.3. The molecule has 1 heterocycles. The Morgan fingerprint density at radius 1 is 1.00 bits per heavy atom. The first kappa shape index (κ1) is 19.9. The second-order valence-corrected chi connectivity index (χ2v) is 7.55. The highest BCUT2D eigenvalue weighted by Gasteiger charge is 2.50. The molecule has 0 spiro atoms. The van der Waals surface area contributed by atoms with E-state index in [1.807, 2.05) is 37.3 Å². The summed E-state index contributed by atoms with van der Waals surface area (Å²) < 4.78 is 5.27. The second kappa shape index (κ2) is 7.76. The number of hydrogen-bond acceptors (Lipinski definition) is 4. The van der Waals surface area contributed by atoms with Crippen molar-refractivity contribution in [1.82, 2.24) is 0 Å². The zero-order valence-corrected chi connectivity index (χ0v) is 17.0. The number of hydrogen-bond donors (Lipinski definition) is 1. The van der Waals surface area contributed by atoms with Gasteiger partial charge < -0.3 is 14.7 Å². The number of rotatable bonds is 6. The number of anilines is 1. The number of methoxy groups -OCH3 is 1. The first-order chi connectivity index (χ1) is 14.4. The van der Waals surface area contributed by atoms with E-state index in [1.165, 1.54) is 7.11 Å². The number of aliphatic hydroxyl groups is 1. The highest BCUT2D eigenvalue weighted by molar-refractivity contribution is 6.11. The molecule has 1 aliphatic heterocycles. The van der Waals surface area contributed by atoms with Gasteiger partial charge in [-0.3, -0.25) is 9.59 Å². The Kier molecular flexibility index (Phi) is 5.14. The van der Waals surface area contributed by atoms with Crippen molar-refractivity contribution in [3.63, 3.8) is 0 Å². The molecule has 0 radical (unpaired) electrons. The van der Waals surface area contributed by atoms with Gasteiger partial charge in [0.15, 0.2) is 11.4 Å². The lowest BCUT2D eigenvalue weighted by Gasteiger charge is -2.23. The van der Waals surface area contributed by atoms with Gasteiger partial charge in [-0.25, -0.2) is 0 Å². The highest BCUT2D eigenvalue weighted by Crippen LogP contribution is 2.43. The molecule has 0 fully saturated rings. The van der Waals surface area contributed by atoms with Crippen molar-refractivity contribution in [2.45, 2.75) is 25.5 Å². The first-order valence-corrected chi connectivity index (χ1v) is 9.79. The molecular weight excluding hydrogens is 378 g/mol. The first-order valence-electron chi connectivity index (χ1n) is 9.79. The van der Waals surface area contributed by atoms with E-state index in [1.54, 1.807) is 47.4 Å². The number of carbonyl (C=O) groups is 2. The summed E-state index contributed by atoms with van der Waals surface area (Å²) in [6.45, 7) is 2.32. The van der Waals surface area contributed by atoms with Gasteiger partial charge in [0.1, 0.15) is 5.75 Å². The van der Waals surface area contributed by atoms with Crippen LogP contribution >= 0.6 is 0 Å². The molecule has 0 bridgehead atoms. The molecule has 152 valence electrons. The minimum Gasteiger partial charge on any atom is -0.496 e. The number of carbonyl (C=O) groups excluding carboxylic acids is 2. The molecule has 4 rings (SSSR count). The summed E-state index contributed by atoms with van der Waals surface area (Å²) >= 11 is 0. The van der Waals surface area contributed by atoms with E-state index in [0.29, 0.717) is 29.1 Å². The topological polar surface area (TPSA) is 66.8 Å². The summed E-state index contributed by atoms with van der Waals surface area (Å²) in [5.41, 5.74) is 1.58. The summed E-state index contributed by atoms with van der Waals surface area (Å²) in [5, 5.41) is 11.4. The number of nitrogens with zero attached hydrogens (tertiary/aromatic N) is 1. The van der Waals surface area contributed by atoms with Crippen LogP contribution in [0, 0.1) is 6.92 Å². The number of para-hydroxylation sites is 2. The molecule has 1 N–H and O–H groups in total. The molecule has 3 aromatic rings. The van der Waals surface area contributed by atoms with E-state index in [-0.39, 0.29) is 12.2 Å². The molecule has 5 heteroatoms. The minimum absolute atomic E-state index is 0.321. The fourth-order valence-corrected chi connectivity index (χ4v) is 3.91. The van der Waals surface area contributed by atoms with Crippen molar-refractivity contribution >= 4 is 17.4 Å². The molecule has 0 unspecified atom stereocenters. The molecule has 0 aromatic heterocycles. The number of ketones is 1. The number of benzene rings is 3. The summed E-state index contributed by atoms with van der Waals surface area (Å²) in [7, 11) is 1.49. The maximum absolute atomic E-state index is 13.4. The van der Waals surface area contributed by atoms with Crippen molar-refractivity contribution in [3.8, 4) is 5.75 Å². The summed E-state index contributed by atoms with van der Waals surface area (Å²) in [6.07, 6.45) is -0.354. The number of aryl methyl sites for hydroxylation is 1. The Morgan fingerprint density at radius 2 is 1.67 bits per heavy atom. The van der Waals surface area contributed by atoms with Crippen molar-refractivity contribution < 1.29 is 19.4 Å². The zero-order valence-electron chi connectivity index (χ0n) is 17.0. The average molecular weight is 401 g/mol. The maximum Gasteiger partial charge on any atom is 0.264 e. The summed E-state index contributed by atoms with van der Waals surface area (Å²) in [6, 6.07) is 21.8. The highest BCUT2D eigenvalue weighted by atomic mass is 16.5. The number of fused-ring (bicyclic) bond motifs is 1. The van der Waals surface area contributed by atoms with Crippen molar-refractivity contribution in [2.24, 2.45) is 0 Å². The second-order valence-electron chi connectivity index (χ2n) is 7.55. The van der Waals surface area contributed by atoms with Crippen LogP contribution in [0.2, 0.25) is 0 Å². The van der Waals surface area contributed by atoms with Crippen LogP contribution in [0.1, 0.15) is 33.5 Å². The lowest BCUT2D eigenvalue weighted by atomic mass is 9.88. The van der Waals surface area contributed by atoms with Crippen LogP contribution in [0.3, 0.4) is 0 Å². The predicted octanol–water partition coefficient (Wildman–Crippen LogP) is 4.01. The van der Waals surface area contributed by atoms with Gasteiger partial charge in [0.25, 0.3) is 5.91 Å². The lowest BCUT2D eigenvalue weighted by molar-refractivity contribution is -0.136. The Labute approximate surface area is 175 Å². The van der Waals surface area contributed by atoms with Gasteiger partial charge in [-0.05, 0) is 30.7 Å². The third-order valence-corrected chi connectivity index (χ3v) is 5.52. The van der Waals surface area contributed by atoms with E-state index in [4.69, 9.17) is 4.74 Å². The van der Waals surface area contributed by atoms with E-state index in [2.05, 4.69) is 0 Å². The van der Waals surface area contributed by atoms with E-state index in [9.17, 15) is 14.7 Å². The Balaban J connectivity index is 1.68. The molecule has 0 saturated heterocycles. The van der Waals surface area contributed by atoms with Crippen LogP contribution in [0.15, 0.2) is 72.8 Å². The van der Waals surface area contributed by atoms with Gasteiger partial charge in [0, 0.05) is 5.56 Å². The molecule has 1 amide bonds. The number of Topliss-reactive ketones (excluding diaryl/α,β-unsaturated/α-hetero) is 1. The van der Waals surface area contributed by atoms with Crippen LogP contribution in [0.5, 0.6) is 5.75 Å². The molecule has 0 aliphatic carbocycles. The summed E-state index contributed by atoms with van der Waals surface area (Å²) in [5.74, 6) is -0.427. The van der Waals surface area contributed by atoms with Gasteiger partial charge in [0.05, 0.1) is 31.3 Å². The predicted molar refractivity (Wildman–Crippen MR) is 115 cm³/mol. The van der Waals surface area contributed by atoms with Crippen molar-refractivity contribution in [3.05, 3.63) is 95.1 Å². The molecule has 5 nitrogen and oxygen atoms in total. The fourth-order valence-electron chi connectivity index (χ4n) is 3.91. The van der Waals surface area contributed by atoms with E-state index >= 15 is 0 Å². The smallest absolute Gasteiger partial charge is 0.264 e. The third-order valence-electron chi connectivity index (χ3n) is 5.52.